The van der Waals surface area contributed by atoms with E-state index in [1.165, 1.54) is 0 Å². The minimum absolute atomic E-state index is 0.0219. The zero-order chi connectivity index (χ0) is 13.8. The average Bonchev–Trinajstić information content (AvgIpc) is 2.53. The second kappa shape index (κ2) is 3.92. The molecule has 3 heteroatoms. The fourth-order valence-corrected chi connectivity index (χ4v) is 2.99. The van der Waals surface area contributed by atoms with Gasteiger partial charge in [0.2, 0.25) is 0 Å². The van der Waals surface area contributed by atoms with Crippen molar-refractivity contribution < 1.29 is 4.65 Å². The zero-order valence-electron chi connectivity index (χ0n) is 12.5. The molecule has 1 saturated heterocycles. The molecule has 0 aromatic rings. The first kappa shape index (κ1) is 13.8. The fourth-order valence-electron chi connectivity index (χ4n) is 2.99. The predicted molar refractivity (Wildman–Crippen MR) is 75.7 cm³/mol. The Morgan fingerprint density at radius 3 is 2.11 bits per heavy atom. The molecule has 1 heterocycles. The molecule has 0 spiro atoms. The van der Waals surface area contributed by atoms with Gasteiger partial charge >= 0.3 is 0 Å². The topological polar surface area (TPSA) is 26.3 Å². The Labute approximate surface area is 111 Å². The normalized spacial score (nSPS) is 37.1. The first-order valence-corrected chi connectivity index (χ1v) is 6.78. The highest BCUT2D eigenvalue weighted by Crippen LogP contribution is 2.41. The second-order valence-electron chi connectivity index (χ2n) is 7.50. The molecule has 0 saturated carbocycles. The van der Waals surface area contributed by atoms with Gasteiger partial charge in [0, 0.05) is 5.54 Å². The van der Waals surface area contributed by atoms with Crippen molar-refractivity contribution in [3.8, 4) is 0 Å². The maximum Gasteiger partial charge on any atom is 0.136 e. The molecule has 3 atom stereocenters. The van der Waals surface area contributed by atoms with Crippen LogP contribution in [0.5, 0.6) is 0 Å². The molecule has 18 heavy (non-hydrogen) atoms. The number of allylic oxidation sites excluding steroid dienone is 2. The van der Waals surface area contributed by atoms with E-state index in [0.717, 1.165) is 0 Å². The zero-order valence-corrected chi connectivity index (χ0v) is 12.5. The van der Waals surface area contributed by atoms with E-state index < -0.39 is 0 Å². The van der Waals surface area contributed by atoms with E-state index in [9.17, 15) is 5.21 Å². The molecule has 0 aromatic carbocycles. The summed E-state index contributed by atoms with van der Waals surface area (Å²) in [6.45, 7) is 13.3. The number of rotatable bonds is 0. The number of hydrogen-bond donors (Lipinski definition) is 0. The van der Waals surface area contributed by atoms with Crippen molar-refractivity contribution in [3.63, 3.8) is 0 Å². The monoisotopic (exact) mass is 250 g/mol. The van der Waals surface area contributed by atoms with Crippen molar-refractivity contribution >= 4 is 0 Å². The van der Waals surface area contributed by atoms with E-state index in [1.54, 1.807) is 0 Å². The van der Waals surface area contributed by atoms with Crippen molar-refractivity contribution in [1.82, 2.24) is 4.90 Å². The van der Waals surface area contributed by atoms with E-state index >= 15 is 0 Å². The molecule has 3 nitrogen and oxygen atoms in total. The summed E-state index contributed by atoms with van der Waals surface area (Å²) in [7, 11) is 0. The summed E-state index contributed by atoms with van der Waals surface area (Å²) in [6.07, 6.45) is 8.36. The molecule has 1 aliphatic heterocycles. The van der Waals surface area contributed by atoms with Gasteiger partial charge in [-0.2, -0.15) is 0 Å². The van der Waals surface area contributed by atoms with Gasteiger partial charge in [0.1, 0.15) is 12.7 Å². The summed E-state index contributed by atoms with van der Waals surface area (Å²) in [5, 5.41) is 13.4. The number of quaternary nitrogens is 1. The third-order valence-electron chi connectivity index (χ3n) is 4.28. The molecule has 0 aromatic heterocycles. The minimum Gasteiger partial charge on any atom is -0.631 e. The number of hydrogen-bond acceptors (Lipinski definition) is 2. The number of fused-ring (bicyclic) bond motifs is 1. The van der Waals surface area contributed by atoms with Gasteiger partial charge in [-0.05, 0) is 47.6 Å². The van der Waals surface area contributed by atoms with E-state index in [4.69, 9.17) is 0 Å². The smallest absolute Gasteiger partial charge is 0.136 e. The van der Waals surface area contributed by atoms with E-state index in [1.807, 2.05) is 6.08 Å². The molecule has 2 rings (SSSR count). The van der Waals surface area contributed by atoms with E-state index in [2.05, 4.69) is 64.7 Å². The molecular formula is C15H26N2O. The molecule has 0 bridgehead atoms. The minimum atomic E-state index is -0.293. The SMILES string of the molecule is CC(C)(C)N1C[N+]([O-])(C(C)(C)C)C2C=CC=CC21. The molecule has 2 aliphatic rings. The van der Waals surface area contributed by atoms with Gasteiger partial charge in [0.05, 0.1) is 11.6 Å². The van der Waals surface area contributed by atoms with Gasteiger partial charge in [0.15, 0.2) is 0 Å². The molecular weight excluding hydrogens is 224 g/mol. The van der Waals surface area contributed by atoms with Crippen molar-refractivity contribution in [2.45, 2.75) is 64.7 Å². The van der Waals surface area contributed by atoms with Gasteiger partial charge in [-0.25, -0.2) is 4.90 Å². The lowest BCUT2D eigenvalue weighted by Gasteiger charge is -2.53. The van der Waals surface area contributed by atoms with Crippen molar-refractivity contribution in [3.05, 3.63) is 29.5 Å². The fraction of sp³-hybridized carbons (Fsp3) is 0.733. The summed E-state index contributed by atoms with van der Waals surface area (Å²) < 4.78 is -0.157. The maximum atomic E-state index is 13.4. The van der Waals surface area contributed by atoms with Gasteiger partial charge < -0.3 is 9.85 Å². The summed E-state index contributed by atoms with van der Waals surface area (Å²) in [4.78, 5) is 2.34. The average molecular weight is 250 g/mol. The van der Waals surface area contributed by atoms with Crippen LogP contribution in [0.15, 0.2) is 24.3 Å². The highest BCUT2D eigenvalue weighted by molar-refractivity contribution is 5.21. The van der Waals surface area contributed by atoms with Gasteiger partial charge in [-0.3, -0.25) is 0 Å². The Balaban J connectivity index is 2.43. The summed E-state index contributed by atoms with van der Waals surface area (Å²) in [5.74, 6) is 0. The van der Waals surface area contributed by atoms with Crippen LogP contribution in [0.2, 0.25) is 0 Å². The first-order chi connectivity index (χ1) is 8.07. The Morgan fingerprint density at radius 2 is 1.61 bits per heavy atom. The van der Waals surface area contributed by atoms with Crippen LogP contribution in [0.25, 0.3) is 0 Å². The molecule has 0 radical (unpaired) electrons. The summed E-state index contributed by atoms with van der Waals surface area (Å²) in [5.41, 5.74) is -0.271. The van der Waals surface area contributed by atoms with Crippen LogP contribution < -0.4 is 0 Å². The van der Waals surface area contributed by atoms with Crippen LogP contribution in [0.4, 0.5) is 0 Å². The van der Waals surface area contributed by atoms with Crippen LogP contribution in [-0.4, -0.2) is 39.4 Å². The lowest BCUT2D eigenvalue weighted by atomic mass is 9.95. The predicted octanol–water partition coefficient (Wildman–Crippen LogP) is 3.03. The Morgan fingerprint density at radius 1 is 1.06 bits per heavy atom. The van der Waals surface area contributed by atoms with Crippen molar-refractivity contribution in [2.75, 3.05) is 6.67 Å². The Hall–Kier alpha value is -0.640. The Kier molecular flexibility index (Phi) is 3.01. The standard InChI is InChI=1S/C15H26N2O/c1-14(2,3)16-11-17(18,15(4,5)6)13-10-8-7-9-12(13)16/h7-10,12-13H,11H2,1-6H3. The summed E-state index contributed by atoms with van der Waals surface area (Å²) >= 11 is 0. The van der Waals surface area contributed by atoms with E-state index in [-0.39, 0.29) is 27.8 Å². The van der Waals surface area contributed by atoms with Crippen molar-refractivity contribution in [2.24, 2.45) is 0 Å². The molecule has 3 unspecified atom stereocenters. The number of nitrogens with zero attached hydrogens (tertiary/aromatic N) is 2. The van der Waals surface area contributed by atoms with Gasteiger partial charge in [0.25, 0.3) is 0 Å². The third kappa shape index (κ3) is 1.94. The molecule has 1 fully saturated rings. The van der Waals surface area contributed by atoms with Crippen LogP contribution in [0, 0.1) is 5.21 Å². The van der Waals surface area contributed by atoms with Crippen LogP contribution in [0.3, 0.4) is 0 Å². The van der Waals surface area contributed by atoms with Crippen LogP contribution in [-0.2, 0) is 0 Å². The van der Waals surface area contributed by atoms with E-state index in [0.29, 0.717) is 6.67 Å². The molecule has 0 N–H and O–H groups in total. The molecule has 0 amide bonds. The third-order valence-corrected chi connectivity index (χ3v) is 4.28. The first-order valence-electron chi connectivity index (χ1n) is 6.78. The Bertz CT molecular complexity index is 386. The lowest BCUT2D eigenvalue weighted by Crippen LogP contribution is -2.60. The van der Waals surface area contributed by atoms with Crippen molar-refractivity contribution in [1.29, 1.82) is 0 Å². The van der Waals surface area contributed by atoms with Crippen LogP contribution >= 0.6 is 0 Å². The highest BCUT2D eigenvalue weighted by atomic mass is 16.6. The van der Waals surface area contributed by atoms with Gasteiger partial charge in [-0.1, -0.05) is 18.2 Å². The summed E-state index contributed by atoms with van der Waals surface area (Å²) in [6, 6.07) is 0.251. The number of hydroxylamine groups is 3. The quantitative estimate of drug-likeness (QED) is 0.488. The largest absolute Gasteiger partial charge is 0.631 e. The van der Waals surface area contributed by atoms with Gasteiger partial charge in [-0.15, -0.1) is 0 Å². The lowest BCUT2D eigenvalue weighted by molar-refractivity contribution is -0.935. The molecule has 102 valence electrons. The second-order valence-corrected chi connectivity index (χ2v) is 7.50. The molecule has 1 aliphatic carbocycles. The van der Waals surface area contributed by atoms with Crippen LogP contribution in [0.1, 0.15) is 41.5 Å². The maximum absolute atomic E-state index is 13.4. The highest BCUT2D eigenvalue weighted by Gasteiger charge is 2.53.